The molecule has 1 rings (SSSR count). The monoisotopic (exact) mass is 238 g/mol. The van der Waals surface area contributed by atoms with Crippen molar-refractivity contribution in [3.05, 3.63) is 22.5 Å². The number of aryl methyl sites for hydroxylation is 1. The van der Waals surface area contributed by atoms with E-state index >= 15 is 0 Å². The lowest BCUT2D eigenvalue weighted by Crippen LogP contribution is -2.31. The highest BCUT2D eigenvalue weighted by Crippen LogP contribution is 2.20. The van der Waals surface area contributed by atoms with Crippen LogP contribution in [0.5, 0.6) is 0 Å². The predicted octanol–water partition coefficient (Wildman–Crippen LogP) is 1.21. The summed E-state index contributed by atoms with van der Waals surface area (Å²) in [5.74, 6) is -0.490. The van der Waals surface area contributed by atoms with Gasteiger partial charge in [0.15, 0.2) is 5.78 Å². The van der Waals surface area contributed by atoms with Crippen LogP contribution in [0.3, 0.4) is 0 Å². The molecule has 5 heteroatoms. The zero-order valence-electron chi connectivity index (χ0n) is 10.8. The first-order valence-electron chi connectivity index (χ1n) is 5.43. The molecule has 0 aromatic carbocycles. The molecule has 0 spiro atoms. The van der Waals surface area contributed by atoms with E-state index in [2.05, 4.69) is 15.0 Å². The minimum atomic E-state index is -0.457. The Morgan fingerprint density at radius 2 is 1.94 bits per heavy atom. The fourth-order valence-corrected chi connectivity index (χ4v) is 1.77. The van der Waals surface area contributed by atoms with Gasteiger partial charge in [-0.15, -0.1) is 0 Å². The van der Waals surface area contributed by atoms with Crippen molar-refractivity contribution in [1.82, 2.24) is 10.3 Å². The van der Waals surface area contributed by atoms with Crippen LogP contribution in [0.25, 0.3) is 0 Å². The van der Waals surface area contributed by atoms with E-state index in [1.807, 2.05) is 0 Å². The molecule has 2 N–H and O–H groups in total. The van der Waals surface area contributed by atoms with E-state index in [0.717, 1.165) is 0 Å². The molecule has 94 valence electrons. The molecule has 5 nitrogen and oxygen atoms in total. The second-order valence-corrected chi connectivity index (χ2v) is 3.99. The standard InChI is InChI=1S/C12H18N2O3/c1-6-9(11(15)8(3)13-4)7(2)14-10(6)12(16)17-5/h8,13-14H,1-5H3. The van der Waals surface area contributed by atoms with E-state index in [1.54, 1.807) is 27.8 Å². The first-order chi connectivity index (χ1) is 7.93. The Labute approximate surface area is 101 Å². The average Bonchev–Trinajstić information content (AvgIpc) is 2.62. The van der Waals surface area contributed by atoms with Crippen molar-refractivity contribution in [2.75, 3.05) is 14.2 Å². The summed E-state index contributed by atoms with van der Waals surface area (Å²) in [6, 6.07) is -0.284. The molecular weight excluding hydrogens is 220 g/mol. The van der Waals surface area contributed by atoms with Crippen LogP contribution in [0.4, 0.5) is 0 Å². The van der Waals surface area contributed by atoms with Gasteiger partial charge in [-0.25, -0.2) is 4.79 Å². The van der Waals surface area contributed by atoms with Crippen molar-refractivity contribution in [2.24, 2.45) is 0 Å². The number of ketones is 1. The number of ether oxygens (including phenoxy) is 1. The second kappa shape index (κ2) is 5.14. The zero-order valence-corrected chi connectivity index (χ0v) is 10.8. The number of H-pyrrole nitrogens is 1. The Morgan fingerprint density at radius 3 is 2.41 bits per heavy atom. The molecule has 0 fully saturated rings. The first-order valence-corrected chi connectivity index (χ1v) is 5.43. The first kappa shape index (κ1) is 13.4. The van der Waals surface area contributed by atoms with Gasteiger partial charge >= 0.3 is 5.97 Å². The number of hydrogen-bond donors (Lipinski definition) is 2. The molecule has 0 aliphatic heterocycles. The van der Waals surface area contributed by atoms with Gasteiger partial charge in [0.1, 0.15) is 5.69 Å². The van der Waals surface area contributed by atoms with Gasteiger partial charge < -0.3 is 15.0 Å². The minimum Gasteiger partial charge on any atom is -0.464 e. The lowest BCUT2D eigenvalue weighted by molar-refractivity contribution is 0.0594. The Balaban J connectivity index is 3.22. The Hall–Kier alpha value is -1.62. The molecule has 0 bridgehead atoms. The van der Waals surface area contributed by atoms with Crippen molar-refractivity contribution in [3.8, 4) is 0 Å². The summed E-state index contributed by atoms with van der Waals surface area (Å²) in [6.07, 6.45) is 0. The van der Waals surface area contributed by atoms with Gasteiger partial charge in [-0.2, -0.15) is 0 Å². The highest BCUT2D eigenvalue weighted by molar-refractivity contribution is 6.04. The summed E-state index contributed by atoms with van der Waals surface area (Å²) < 4.78 is 4.65. The maximum atomic E-state index is 12.1. The number of rotatable bonds is 4. The lowest BCUT2D eigenvalue weighted by Gasteiger charge is -2.09. The van der Waals surface area contributed by atoms with E-state index in [-0.39, 0.29) is 11.8 Å². The van der Waals surface area contributed by atoms with Crippen molar-refractivity contribution >= 4 is 11.8 Å². The quantitative estimate of drug-likeness (QED) is 0.611. The van der Waals surface area contributed by atoms with Crippen LogP contribution in [0.15, 0.2) is 0 Å². The number of Topliss-reactive ketones (excluding diaryl/α,β-unsaturated/α-hetero) is 1. The molecule has 0 amide bonds. The SMILES string of the molecule is CNC(C)C(=O)c1c(C)[nH]c(C(=O)OC)c1C. The molecule has 0 aliphatic rings. The molecule has 1 aromatic rings. The fourth-order valence-electron chi connectivity index (χ4n) is 1.77. The topological polar surface area (TPSA) is 71.2 Å². The number of carbonyl (C=O) groups excluding carboxylic acids is 2. The van der Waals surface area contributed by atoms with E-state index < -0.39 is 5.97 Å². The van der Waals surface area contributed by atoms with Crippen molar-refractivity contribution in [3.63, 3.8) is 0 Å². The van der Waals surface area contributed by atoms with Gasteiger partial charge in [0.05, 0.1) is 13.2 Å². The Morgan fingerprint density at radius 1 is 1.35 bits per heavy atom. The van der Waals surface area contributed by atoms with Crippen LogP contribution in [-0.4, -0.2) is 36.9 Å². The van der Waals surface area contributed by atoms with Gasteiger partial charge in [-0.1, -0.05) is 0 Å². The van der Waals surface area contributed by atoms with Crippen LogP contribution in [-0.2, 0) is 4.74 Å². The average molecular weight is 238 g/mol. The summed E-state index contributed by atoms with van der Waals surface area (Å²) in [4.78, 5) is 26.5. The van der Waals surface area contributed by atoms with E-state index in [4.69, 9.17) is 0 Å². The molecule has 0 radical (unpaired) electrons. The third-order valence-corrected chi connectivity index (χ3v) is 2.90. The smallest absolute Gasteiger partial charge is 0.354 e. The predicted molar refractivity (Wildman–Crippen MR) is 64.5 cm³/mol. The number of aromatic amines is 1. The van der Waals surface area contributed by atoms with Crippen LogP contribution < -0.4 is 5.32 Å². The van der Waals surface area contributed by atoms with Crippen LogP contribution in [0.1, 0.15) is 39.0 Å². The maximum Gasteiger partial charge on any atom is 0.354 e. The number of hydrogen-bond acceptors (Lipinski definition) is 4. The zero-order chi connectivity index (χ0) is 13.2. The van der Waals surface area contributed by atoms with Crippen LogP contribution >= 0.6 is 0 Å². The van der Waals surface area contributed by atoms with E-state index in [0.29, 0.717) is 22.5 Å². The van der Waals surface area contributed by atoms with E-state index in [1.165, 1.54) is 7.11 Å². The normalized spacial score (nSPS) is 12.3. The molecule has 0 aliphatic carbocycles. The Kier molecular flexibility index (Phi) is 4.07. The van der Waals surface area contributed by atoms with Gasteiger partial charge in [0.25, 0.3) is 0 Å². The van der Waals surface area contributed by atoms with E-state index in [9.17, 15) is 9.59 Å². The number of likely N-dealkylation sites (N-methyl/N-ethyl adjacent to an activating group) is 1. The third kappa shape index (κ3) is 2.39. The summed E-state index contributed by atoms with van der Waals surface area (Å²) >= 11 is 0. The molecule has 1 heterocycles. The number of methoxy groups -OCH3 is 1. The summed E-state index contributed by atoms with van der Waals surface area (Å²) in [5, 5.41) is 2.89. The molecular formula is C12H18N2O3. The summed E-state index contributed by atoms with van der Waals surface area (Å²) in [7, 11) is 3.04. The van der Waals surface area contributed by atoms with Crippen molar-refractivity contribution in [1.29, 1.82) is 0 Å². The minimum absolute atomic E-state index is 0.0334. The second-order valence-electron chi connectivity index (χ2n) is 3.99. The largest absolute Gasteiger partial charge is 0.464 e. The van der Waals surface area contributed by atoms with Crippen LogP contribution in [0.2, 0.25) is 0 Å². The fraction of sp³-hybridized carbons (Fsp3) is 0.500. The molecule has 0 saturated carbocycles. The Bertz CT molecular complexity index is 449. The number of esters is 1. The third-order valence-electron chi connectivity index (χ3n) is 2.90. The maximum absolute atomic E-state index is 12.1. The molecule has 1 aromatic heterocycles. The number of carbonyl (C=O) groups is 2. The van der Waals surface area contributed by atoms with Gasteiger partial charge in [0, 0.05) is 11.3 Å². The van der Waals surface area contributed by atoms with Crippen molar-refractivity contribution in [2.45, 2.75) is 26.8 Å². The lowest BCUT2D eigenvalue weighted by atomic mass is 10.0. The van der Waals surface area contributed by atoms with Gasteiger partial charge in [-0.3, -0.25) is 4.79 Å². The molecule has 17 heavy (non-hydrogen) atoms. The molecule has 0 saturated heterocycles. The molecule has 1 unspecified atom stereocenters. The number of aromatic nitrogens is 1. The highest BCUT2D eigenvalue weighted by Gasteiger charge is 2.24. The van der Waals surface area contributed by atoms with Gasteiger partial charge in [-0.05, 0) is 33.4 Å². The summed E-state index contributed by atoms with van der Waals surface area (Å²) in [5.41, 5.74) is 2.24. The van der Waals surface area contributed by atoms with Crippen LogP contribution in [0, 0.1) is 13.8 Å². The number of nitrogens with one attached hydrogen (secondary N) is 2. The van der Waals surface area contributed by atoms with Gasteiger partial charge in [0.2, 0.25) is 0 Å². The van der Waals surface area contributed by atoms with Crippen molar-refractivity contribution < 1.29 is 14.3 Å². The summed E-state index contributed by atoms with van der Waals surface area (Å²) in [6.45, 7) is 5.30. The highest BCUT2D eigenvalue weighted by atomic mass is 16.5. The molecule has 1 atom stereocenters.